The first-order valence-electron chi connectivity index (χ1n) is 8.07. The normalized spacial score (nSPS) is 16.8. The van der Waals surface area contributed by atoms with Crippen LogP contribution >= 0.6 is 12.4 Å². The Morgan fingerprint density at radius 2 is 2.12 bits per heavy atom. The maximum atomic E-state index is 12.7. The molecule has 0 saturated carbocycles. The molecule has 2 aromatic rings. The van der Waals surface area contributed by atoms with Gasteiger partial charge in [0.2, 0.25) is 10.0 Å². The summed E-state index contributed by atoms with van der Waals surface area (Å²) in [6.07, 6.45) is 3.16. The van der Waals surface area contributed by atoms with Gasteiger partial charge in [-0.25, -0.2) is 17.8 Å². The fraction of sp³-hybridized carbons (Fsp3) is 0.533. The number of hydrogen-bond donors (Lipinski definition) is 2. The predicted octanol–water partition coefficient (Wildman–Crippen LogP) is 0.379. The second kappa shape index (κ2) is 8.87. The highest BCUT2D eigenvalue weighted by atomic mass is 35.5. The third-order valence-corrected chi connectivity index (χ3v) is 5.89. The van der Waals surface area contributed by atoms with Gasteiger partial charge in [0, 0.05) is 19.1 Å². The third kappa shape index (κ3) is 4.77. The van der Waals surface area contributed by atoms with E-state index in [0.717, 1.165) is 25.9 Å². The van der Waals surface area contributed by atoms with E-state index in [1.165, 1.54) is 11.0 Å². The summed E-state index contributed by atoms with van der Waals surface area (Å²) in [7, 11) is -1.99. The monoisotopic (exact) mass is 402 g/mol. The van der Waals surface area contributed by atoms with Crippen molar-refractivity contribution in [3.63, 3.8) is 0 Å². The number of halogens is 1. The molecule has 9 nitrogen and oxygen atoms in total. The second-order valence-corrected chi connectivity index (χ2v) is 8.03. The van der Waals surface area contributed by atoms with Crippen molar-refractivity contribution < 1.29 is 13.2 Å². The summed E-state index contributed by atoms with van der Waals surface area (Å²) in [6.45, 7) is 2.60. The standard InChI is InChI=1S/C15H22N6O3S.ClH/c1-24-11-15(5-7-16-8-6-15)10-18-25(22,23)14-4-2-3-13(9-14)21-12-17-19-20-21;/h2-4,9,12,16,18H,5-8,10-11H2,1H3;1H. The van der Waals surface area contributed by atoms with E-state index in [2.05, 4.69) is 25.6 Å². The molecule has 1 aromatic heterocycles. The SMILES string of the molecule is COCC1(CNS(=O)(=O)c2cccc(-n3cnnn3)c2)CCNCC1.Cl. The number of nitrogens with one attached hydrogen (secondary N) is 2. The average Bonchev–Trinajstić information content (AvgIpc) is 3.16. The Kier molecular flexibility index (Phi) is 7.07. The van der Waals surface area contributed by atoms with Gasteiger partial charge in [-0.2, -0.15) is 0 Å². The lowest BCUT2D eigenvalue weighted by atomic mass is 9.80. The van der Waals surface area contributed by atoms with E-state index in [-0.39, 0.29) is 22.7 Å². The maximum absolute atomic E-state index is 12.7. The largest absolute Gasteiger partial charge is 0.384 e. The molecule has 144 valence electrons. The van der Waals surface area contributed by atoms with Crippen molar-refractivity contribution in [2.45, 2.75) is 17.7 Å². The number of hydrogen-bond acceptors (Lipinski definition) is 7. The van der Waals surface area contributed by atoms with Gasteiger partial charge in [0.05, 0.1) is 17.2 Å². The summed E-state index contributed by atoms with van der Waals surface area (Å²) < 4.78 is 34.9. The summed E-state index contributed by atoms with van der Waals surface area (Å²) in [4.78, 5) is 0.182. The van der Waals surface area contributed by atoms with Crippen molar-refractivity contribution in [2.75, 3.05) is 33.4 Å². The highest BCUT2D eigenvalue weighted by molar-refractivity contribution is 7.89. The third-order valence-electron chi connectivity index (χ3n) is 4.49. The fourth-order valence-electron chi connectivity index (χ4n) is 3.04. The van der Waals surface area contributed by atoms with Crippen molar-refractivity contribution in [1.82, 2.24) is 30.2 Å². The van der Waals surface area contributed by atoms with Gasteiger partial charge in [-0.1, -0.05) is 6.07 Å². The lowest BCUT2D eigenvalue weighted by molar-refractivity contribution is 0.0577. The van der Waals surface area contributed by atoms with Crippen LogP contribution in [0.15, 0.2) is 35.5 Å². The summed E-state index contributed by atoms with van der Waals surface area (Å²) in [6, 6.07) is 6.52. The molecule has 0 amide bonds. The van der Waals surface area contributed by atoms with Gasteiger partial charge in [-0.3, -0.25) is 0 Å². The molecule has 3 rings (SSSR count). The number of aromatic nitrogens is 4. The Bertz CT molecular complexity index is 788. The van der Waals surface area contributed by atoms with Gasteiger partial charge in [-0.15, -0.1) is 17.5 Å². The van der Waals surface area contributed by atoms with E-state index in [1.807, 2.05) is 0 Å². The van der Waals surface area contributed by atoms with Crippen LogP contribution in [0, 0.1) is 5.41 Å². The van der Waals surface area contributed by atoms with Crippen LogP contribution in [0.1, 0.15) is 12.8 Å². The predicted molar refractivity (Wildman–Crippen MR) is 98.0 cm³/mol. The lowest BCUT2D eigenvalue weighted by Crippen LogP contribution is -2.47. The molecule has 1 aliphatic rings. The summed E-state index contributed by atoms with van der Waals surface area (Å²) >= 11 is 0. The van der Waals surface area contributed by atoms with Crippen molar-refractivity contribution in [3.05, 3.63) is 30.6 Å². The van der Waals surface area contributed by atoms with Crippen LogP contribution in [0.3, 0.4) is 0 Å². The van der Waals surface area contributed by atoms with Gasteiger partial charge >= 0.3 is 0 Å². The molecule has 0 unspecified atom stereocenters. The smallest absolute Gasteiger partial charge is 0.240 e. The van der Waals surface area contributed by atoms with Gasteiger partial charge in [0.15, 0.2) is 0 Å². The minimum Gasteiger partial charge on any atom is -0.384 e. The summed E-state index contributed by atoms with van der Waals surface area (Å²) in [5.74, 6) is 0. The number of tetrazole rings is 1. The Morgan fingerprint density at radius 3 is 2.77 bits per heavy atom. The molecule has 1 saturated heterocycles. The molecule has 0 aliphatic carbocycles. The van der Waals surface area contributed by atoms with Crippen LogP contribution in [-0.2, 0) is 14.8 Å². The molecule has 0 radical (unpaired) electrons. The first kappa shape index (κ1) is 20.7. The number of nitrogens with zero attached hydrogens (tertiary/aromatic N) is 4. The molecule has 1 fully saturated rings. The number of benzene rings is 1. The van der Waals surface area contributed by atoms with Crippen molar-refractivity contribution in [1.29, 1.82) is 0 Å². The molecule has 2 heterocycles. The minimum atomic E-state index is -3.64. The first-order chi connectivity index (χ1) is 12.0. The van der Waals surface area contributed by atoms with Crippen LogP contribution in [-0.4, -0.2) is 62.0 Å². The minimum absolute atomic E-state index is 0. The van der Waals surface area contributed by atoms with Gasteiger partial charge in [0.1, 0.15) is 6.33 Å². The maximum Gasteiger partial charge on any atom is 0.240 e. The molecule has 1 aromatic carbocycles. The van der Waals surface area contributed by atoms with Crippen LogP contribution in [0.2, 0.25) is 0 Å². The topological polar surface area (TPSA) is 111 Å². The lowest BCUT2D eigenvalue weighted by Gasteiger charge is -2.37. The molecule has 2 N–H and O–H groups in total. The van der Waals surface area contributed by atoms with Crippen LogP contribution in [0.25, 0.3) is 5.69 Å². The van der Waals surface area contributed by atoms with Crippen LogP contribution < -0.4 is 10.0 Å². The van der Waals surface area contributed by atoms with Crippen LogP contribution in [0.5, 0.6) is 0 Å². The second-order valence-electron chi connectivity index (χ2n) is 6.26. The highest BCUT2D eigenvalue weighted by Crippen LogP contribution is 2.29. The van der Waals surface area contributed by atoms with E-state index in [1.54, 1.807) is 31.4 Å². The van der Waals surface area contributed by atoms with Crippen molar-refractivity contribution in [2.24, 2.45) is 5.41 Å². The van der Waals surface area contributed by atoms with E-state index in [0.29, 0.717) is 18.8 Å². The quantitative estimate of drug-likeness (QED) is 0.688. The summed E-state index contributed by atoms with van der Waals surface area (Å²) in [5.41, 5.74) is 0.405. The van der Waals surface area contributed by atoms with Crippen LogP contribution in [0.4, 0.5) is 0 Å². The number of ether oxygens (including phenoxy) is 1. The molecular formula is C15H23ClN6O3S. The zero-order chi connectivity index (χ0) is 17.8. The first-order valence-corrected chi connectivity index (χ1v) is 9.56. The van der Waals surface area contributed by atoms with Crippen molar-refractivity contribution in [3.8, 4) is 5.69 Å². The number of methoxy groups -OCH3 is 1. The fourth-order valence-corrected chi connectivity index (χ4v) is 4.24. The Morgan fingerprint density at radius 1 is 1.35 bits per heavy atom. The zero-order valence-corrected chi connectivity index (χ0v) is 16.1. The Labute approximate surface area is 159 Å². The molecule has 26 heavy (non-hydrogen) atoms. The molecule has 0 atom stereocenters. The molecule has 0 spiro atoms. The van der Waals surface area contributed by atoms with Crippen molar-refractivity contribution >= 4 is 22.4 Å². The van der Waals surface area contributed by atoms with E-state index >= 15 is 0 Å². The Balaban J connectivity index is 0.00000243. The van der Waals surface area contributed by atoms with Gasteiger partial charge in [-0.05, 0) is 54.6 Å². The molecular weight excluding hydrogens is 380 g/mol. The van der Waals surface area contributed by atoms with Gasteiger partial charge in [0.25, 0.3) is 0 Å². The van der Waals surface area contributed by atoms with E-state index in [4.69, 9.17) is 4.74 Å². The average molecular weight is 403 g/mol. The van der Waals surface area contributed by atoms with E-state index in [9.17, 15) is 8.42 Å². The zero-order valence-electron chi connectivity index (χ0n) is 14.5. The van der Waals surface area contributed by atoms with Gasteiger partial charge < -0.3 is 10.1 Å². The highest BCUT2D eigenvalue weighted by Gasteiger charge is 2.33. The number of sulfonamides is 1. The molecule has 1 aliphatic heterocycles. The number of rotatable bonds is 7. The summed E-state index contributed by atoms with van der Waals surface area (Å²) in [5, 5.41) is 14.2. The Hall–Kier alpha value is -1.59. The molecule has 0 bridgehead atoms. The molecule has 11 heteroatoms. The van der Waals surface area contributed by atoms with E-state index < -0.39 is 10.0 Å². The number of piperidine rings is 1.